The number of piperidine rings is 1. The lowest BCUT2D eigenvalue weighted by Crippen LogP contribution is -2.42. The van der Waals surface area contributed by atoms with Crippen LogP contribution in [0.5, 0.6) is 11.5 Å². The quantitative estimate of drug-likeness (QED) is 0.785. The van der Waals surface area contributed by atoms with Crippen LogP contribution in [-0.2, 0) is 14.8 Å². The Morgan fingerprint density at radius 3 is 2.78 bits per heavy atom. The van der Waals surface area contributed by atoms with Crippen molar-refractivity contribution in [3.8, 4) is 11.5 Å². The summed E-state index contributed by atoms with van der Waals surface area (Å²) in [7, 11) is -1.86. The van der Waals surface area contributed by atoms with Gasteiger partial charge in [0.05, 0.1) is 10.8 Å². The Bertz CT molecular complexity index is 763. The van der Waals surface area contributed by atoms with Crippen LogP contribution in [0.3, 0.4) is 0 Å². The minimum atomic E-state index is -3.63. The van der Waals surface area contributed by atoms with E-state index in [1.54, 1.807) is 18.0 Å². The summed E-state index contributed by atoms with van der Waals surface area (Å²) in [5.74, 6) is 0.930. The first-order valence-electron chi connectivity index (χ1n) is 7.61. The van der Waals surface area contributed by atoms with Crippen molar-refractivity contribution in [3.63, 3.8) is 0 Å². The number of rotatable bonds is 2. The molecular formula is C15H18N2O5S. The summed E-state index contributed by atoms with van der Waals surface area (Å²) < 4.78 is 37.6. The predicted octanol–water partition coefficient (Wildman–Crippen LogP) is 0.514. The van der Waals surface area contributed by atoms with E-state index >= 15 is 0 Å². The standard InChI is InChI=1S/C15H18N2O5S/c1-16-5-4-10-7-17(8-12(10)15(16)18)23(19,20)11-2-3-13-14(6-11)22-9-21-13/h2-3,6,10,12H,4-5,7-9H2,1H3/t10-,12-/m1/s1. The van der Waals surface area contributed by atoms with Gasteiger partial charge in [-0.2, -0.15) is 4.31 Å². The summed E-state index contributed by atoms with van der Waals surface area (Å²) in [6.07, 6.45) is 0.847. The third-order valence-electron chi connectivity index (χ3n) is 4.92. The predicted molar refractivity (Wildman–Crippen MR) is 80.6 cm³/mol. The fourth-order valence-corrected chi connectivity index (χ4v) is 5.08. The fourth-order valence-electron chi connectivity index (χ4n) is 3.54. The molecular weight excluding hydrogens is 320 g/mol. The van der Waals surface area contributed by atoms with E-state index in [2.05, 4.69) is 0 Å². The molecule has 0 aliphatic carbocycles. The Balaban J connectivity index is 1.61. The van der Waals surface area contributed by atoms with Gasteiger partial charge in [-0.25, -0.2) is 8.42 Å². The number of carbonyl (C=O) groups excluding carboxylic acids is 1. The van der Waals surface area contributed by atoms with Gasteiger partial charge in [-0.15, -0.1) is 0 Å². The molecule has 2 atom stereocenters. The third-order valence-corrected chi connectivity index (χ3v) is 6.75. The fraction of sp³-hybridized carbons (Fsp3) is 0.533. The summed E-state index contributed by atoms with van der Waals surface area (Å²) in [6, 6.07) is 4.63. The van der Waals surface area contributed by atoms with E-state index in [1.165, 1.54) is 16.4 Å². The van der Waals surface area contributed by atoms with Crippen LogP contribution in [0.4, 0.5) is 0 Å². The first-order valence-corrected chi connectivity index (χ1v) is 9.05. The van der Waals surface area contributed by atoms with Crippen LogP contribution >= 0.6 is 0 Å². The maximum Gasteiger partial charge on any atom is 0.243 e. The number of benzene rings is 1. The number of nitrogens with zero attached hydrogens (tertiary/aromatic N) is 2. The Morgan fingerprint density at radius 2 is 1.96 bits per heavy atom. The van der Waals surface area contributed by atoms with Crippen LogP contribution in [-0.4, -0.2) is 57.0 Å². The van der Waals surface area contributed by atoms with Crippen LogP contribution in [0.25, 0.3) is 0 Å². The van der Waals surface area contributed by atoms with E-state index in [4.69, 9.17) is 9.47 Å². The molecule has 1 aromatic carbocycles. The lowest BCUT2D eigenvalue weighted by Gasteiger charge is -2.30. The van der Waals surface area contributed by atoms with Crippen LogP contribution in [0.15, 0.2) is 23.1 Å². The molecule has 2 saturated heterocycles. The monoisotopic (exact) mass is 338 g/mol. The molecule has 124 valence electrons. The van der Waals surface area contributed by atoms with Gasteiger partial charge >= 0.3 is 0 Å². The second-order valence-electron chi connectivity index (χ2n) is 6.25. The molecule has 0 saturated carbocycles. The van der Waals surface area contributed by atoms with E-state index in [9.17, 15) is 13.2 Å². The van der Waals surface area contributed by atoms with Gasteiger partial charge < -0.3 is 14.4 Å². The lowest BCUT2D eigenvalue weighted by molar-refractivity contribution is -0.137. The highest BCUT2D eigenvalue weighted by atomic mass is 32.2. The molecule has 0 aromatic heterocycles. The van der Waals surface area contributed by atoms with Crippen molar-refractivity contribution >= 4 is 15.9 Å². The van der Waals surface area contributed by atoms with Crippen molar-refractivity contribution in [1.82, 2.24) is 9.21 Å². The third kappa shape index (κ3) is 2.28. The molecule has 4 rings (SSSR count). The minimum absolute atomic E-state index is 0.0460. The van der Waals surface area contributed by atoms with Gasteiger partial charge in [0.25, 0.3) is 0 Å². The Kier molecular flexibility index (Phi) is 3.28. The molecule has 3 aliphatic heterocycles. The zero-order valence-electron chi connectivity index (χ0n) is 12.8. The van der Waals surface area contributed by atoms with Crippen molar-refractivity contribution in [2.75, 3.05) is 33.5 Å². The molecule has 7 nitrogen and oxygen atoms in total. The van der Waals surface area contributed by atoms with Crippen LogP contribution in [0.2, 0.25) is 0 Å². The molecule has 3 aliphatic rings. The van der Waals surface area contributed by atoms with Gasteiger partial charge in [0.15, 0.2) is 11.5 Å². The van der Waals surface area contributed by atoms with Gasteiger partial charge in [0.1, 0.15) is 0 Å². The minimum Gasteiger partial charge on any atom is -0.454 e. The second-order valence-corrected chi connectivity index (χ2v) is 8.19. The first kappa shape index (κ1) is 14.8. The molecule has 0 radical (unpaired) electrons. The Morgan fingerprint density at radius 1 is 1.17 bits per heavy atom. The van der Waals surface area contributed by atoms with Gasteiger partial charge in [-0.05, 0) is 24.5 Å². The molecule has 1 amide bonds. The maximum atomic E-state index is 12.9. The van der Waals surface area contributed by atoms with Crippen LogP contribution < -0.4 is 9.47 Å². The SMILES string of the molecule is CN1CC[C@@H]2CN(S(=O)(=O)c3ccc4c(c3)OCO4)C[C@H]2C1=O. The zero-order valence-corrected chi connectivity index (χ0v) is 13.6. The highest BCUT2D eigenvalue weighted by Gasteiger charge is 2.45. The highest BCUT2D eigenvalue weighted by molar-refractivity contribution is 7.89. The Labute approximate surface area is 134 Å². The molecule has 0 N–H and O–H groups in total. The van der Waals surface area contributed by atoms with Crippen LogP contribution in [0.1, 0.15) is 6.42 Å². The molecule has 0 bridgehead atoms. The second kappa shape index (κ2) is 5.10. The smallest absolute Gasteiger partial charge is 0.243 e. The number of sulfonamides is 1. The van der Waals surface area contributed by atoms with Gasteiger partial charge in [0.2, 0.25) is 22.7 Å². The summed E-state index contributed by atoms with van der Waals surface area (Å²) in [6.45, 7) is 1.46. The first-order chi connectivity index (χ1) is 11.0. The molecule has 1 aromatic rings. The van der Waals surface area contributed by atoms with E-state index in [1.807, 2.05) is 0 Å². The molecule has 0 spiro atoms. The Hall–Kier alpha value is -1.80. The van der Waals surface area contributed by atoms with Crippen molar-refractivity contribution < 1.29 is 22.7 Å². The number of hydrogen-bond donors (Lipinski definition) is 0. The topological polar surface area (TPSA) is 76.2 Å². The van der Waals surface area contributed by atoms with Crippen molar-refractivity contribution in [2.45, 2.75) is 11.3 Å². The van der Waals surface area contributed by atoms with Crippen molar-refractivity contribution in [2.24, 2.45) is 11.8 Å². The normalized spacial score (nSPS) is 27.3. The average molecular weight is 338 g/mol. The highest BCUT2D eigenvalue weighted by Crippen LogP contribution is 2.38. The van der Waals surface area contributed by atoms with E-state index in [0.29, 0.717) is 24.6 Å². The summed E-state index contributed by atoms with van der Waals surface area (Å²) in [5.41, 5.74) is 0. The van der Waals surface area contributed by atoms with E-state index in [-0.39, 0.29) is 36.0 Å². The number of fused-ring (bicyclic) bond motifs is 2. The average Bonchev–Trinajstić information content (AvgIpc) is 3.17. The maximum absolute atomic E-state index is 12.9. The summed E-state index contributed by atoms with van der Waals surface area (Å²) in [4.78, 5) is 14.1. The number of likely N-dealkylation sites (tertiary alicyclic amines) is 1. The number of hydrogen-bond acceptors (Lipinski definition) is 5. The summed E-state index contributed by atoms with van der Waals surface area (Å²) >= 11 is 0. The van der Waals surface area contributed by atoms with E-state index in [0.717, 1.165) is 6.42 Å². The van der Waals surface area contributed by atoms with Crippen molar-refractivity contribution in [3.05, 3.63) is 18.2 Å². The number of carbonyl (C=O) groups is 1. The van der Waals surface area contributed by atoms with Gasteiger partial charge in [-0.3, -0.25) is 4.79 Å². The van der Waals surface area contributed by atoms with Gasteiger partial charge in [-0.1, -0.05) is 0 Å². The summed E-state index contributed by atoms with van der Waals surface area (Å²) in [5, 5.41) is 0. The van der Waals surface area contributed by atoms with E-state index < -0.39 is 10.0 Å². The largest absolute Gasteiger partial charge is 0.454 e. The lowest BCUT2D eigenvalue weighted by atomic mass is 9.88. The van der Waals surface area contributed by atoms with Crippen molar-refractivity contribution in [1.29, 1.82) is 0 Å². The molecule has 23 heavy (non-hydrogen) atoms. The van der Waals surface area contributed by atoms with Crippen LogP contribution in [0, 0.1) is 11.8 Å². The number of amides is 1. The zero-order chi connectivity index (χ0) is 16.2. The number of ether oxygens (including phenoxy) is 2. The molecule has 8 heteroatoms. The molecule has 0 unspecified atom stereocenters. The molecule has 3 heterocycles. The van der Waals surface area contributed by atoms with Gasteiger partial charge in [0, 0.05) is 32.7 Å². The molecule has 2 fully saturated rings.